The second kappa shape index (κ2) is 9.48. The molecule has 1 amide bonds. The molecule has 1 aromatic heterocycles. The number of carbonyl (C=O) groups is 1. The van der Waals surface area contributed by atoms with Crippen molar-refractivity contribution in [1.29, 1.82) is 0 Å². The maximum absolute atomic E-state index is 13.7. The highest BCUT2D eigenvalue weighted by Crippen LogP contribution is 2.27. The molecule has 1 fully saturated rings. The molecule has 0 aliphatic carbocycles. The van der Waals surface area contributed by atoms with Crippen LogP contribution >= 0.6 is 0 Å². The van der Waals surface area contributed by atoms with Crippen molar-refractivity contribution in [2.24, 2.45) is 0 Å². The number of rotatable bonds is 5. The Balaban J connectivity index is 1.77. The quantitative estimate of drug-likeness (QED) is 0.583. The first-order valence-corrected chi connectivity index (χ1v) is 11.9. The zero-order valence-corrected chi connectivity index (χ0v) is 20.3. The van der Waals surface area contributed by atoms with Gasteiger partial charge in [0.05, 0.1) is 22.6 Å². The molecule has 2 aromatic carbocycles. The van der Waals surface area contributed by atoms with Gasteiger partial charge in [-0.05, 0) is 57.9 Å². The van der Waals surface area contributed by atoms with Crippen LogP contribution in [0, 0.1) is 13.8 Å². The molecule has 3 aromatic rings. The Kier molecular flexibility index (Phi) is 6.66. The van der Waals surface area contributed by atoms with Crippen LogP contribution in [-0.4, -0.2) is 50.9 Å². The highest BCUT2D eigenvalue weighted by Gasteiger charge is 2.31. The van der Waals surface area contributed by atoms with Crippen molar-refractivity contribution in [3.63, 3.8) is 0 Å². The predicted octanol–water partition coefficient (Wildman–Crippen LogP) is 4.40. The molecular formula is C27H34N4O2. The molecule has 0 saturated carbocycles. The lowest BCUT2D eigenvalue weighted by Gasteiger charge is -2.42. The molecule has 0 radical (unpaired) electrons. The van der Waals surface area contributed by atoms with Gasteiger partial charge in [0.1, 0.15) is 5.82 Å². The Bertz CT molecular complexity index is 1230. The largest absolute Gasteiger partial charge is 0.337 e. The van der Waals surface area contributed by atoms with E-state index in [4.69, 9.17) is 4.98 Å². The van der Waals surface area contributed by atoms with Gasteiger partial charge in [-0.1, -0.05) is 36.8 Å². The monoisotopic (exact) mass is 446 g/mol. The Morgan fingerprint density at radius 2 is 1.91 bits per heavy atom. The van der Waals surface area contributed by atoms with Crippen molar-refractivity contribution in [2.45, 2.75) is 59.5 Å². The summed E-state index contributed by atoms with van der Waals surface area (Å²) in [6.07, 6.45) is 1.46. The molecule has 2 heterocycles. The van der Waals surface area contributed by atoms with Crippen molar-refractivity contribution in [1.82, 2.24) is 19.4 Å². The van der Waals surface area contributed by atoms with Gasteiger partial charge >= 0.3 is 0 Å². The van der Waals surface area contributed by atoms with Gasteiger partial charge in [-0.3, -0.25) is 19.1 Å². The van der Waals surface area contributed by atoms with Crippen LogP contribution in [0.2, 0.25) is 0 Å². The lowest BCUT2D eigenvalue weighted by molar-refractivity contribution is -0.136. The summed E-state index contributed by atoms with van der Waals surface area (Å²) in [7, 11) is 0. The topological polar surface area (TPSA) is 58.4 Å². The zero-order chi connectivity index (χ0) is 23.7. The molecule has 0 spiro atoms. The van der Waals surface area contributed by atoms with Gasteiger partial charge in [0.15, 0.2) is 0 Å². The van der Waals surface area contributed by atoms with Crippen LogP contribution in [0.25, 0.3) is 16.6 Å². The van der Waals surface area contributed by atoms with Gasteiger partial charge in [-0.15, -0.1) is 0 Å². The molecule has 6 nitrogen and oxygen atoms in total. The predicted molar refractivity (Wildman–Crippen MR) is 133 cm³/mol. The first kappa shape index (κ1) is 23.2. The van der Waals surface area contributed by atoms with E-state index in [1.807, 2.05) is 55.1 Å². The van der Waals surface area contributed by atoms with E-state index in [2.05, 4.69) is 31.7 Å². The first-order chi connectivity index (χ1) is 15.8. The molecule has 4 rings (SSSR count). The highest BCUT2D eigenvalue weighted by molar-refractivity contribution is 5.78. The van der Waals surface area contributed by atoms with Gasteiger partial charge in [-0.2, -0.15) is 0 Å². The molecule has 2 atom stereocenters. The Hall–Kier alpha value is -2.99. The van der Waals surface area contributed by atoms with E-state index >= 15 is 0 Å². The molecule has 2 unspecified atom stereocenters. The summed E-state index contributed by atoms with van der Waals surface area (Å²) in [5, 5.41) is 0.622. The molecule has 174 valence electrons. The van der Waals surface area contributed by atoms with Crippen LogP contribution in [0.1, 0.15) is 56.6 Å². The normalized spacial score (nSPS) is 18.0. The molecule has 1 aliphatic rings. The average Bonchev–Trinajstić information content (AvgIpc) is 2.79. The van der Waals surface area contributed by atoms with Crippen molar-refractivity contribution >= 4 is 16.8 Å². The second-order valence-electron chi connectivity index (χ2n) is 9.27. The SMILES string of the molecule is CCCC(=O)N1CCN(C(C)c2nc3ccccc3c(=O)n2-c2ccc(C)cc2C)CC1C. The number of fused-ring (bicyclic) bond motifs is 1. The van der Waals surface area contributed by atoms with Gasteiger partial charge in [0.25, 0.3) is 5.56 Å². The van der Waals surface area contributed by atoms with Crippen LogP contribution in [-0.2, 0) is 4.79 Å². The Morgan fingerprint density at radius 1 is 1.15 bits per heavy atom. The minimum Gasteiger partial charge on any atom is -0.337 e. The smallest absolute Gasteiger partial charge is 0.266 e. The third-order valence-corrected chi connectivity index (χ3v) is 6.76. The van der Waals surface area contributed by atoms with E-state index < -0.39 is 0 Å². The van der Waals surface area contributed by atoms with E-state index in [0.29, 0.717) is 18.4 Å². The fraction of sp³-hybridized carbons (Fsp3) is 0.444. The zero-order valence-electron chi connectivity index (χ0n) is 20.3. The Labute approximate surface area is 195 Å². The second-order valence-corrected chi connectivity index (χ2v) is 9.27. The Morgan fingerprint density at radius 3 is 2.61 bits per heavy atom. The van der Waals surface area contributed by atoms with E-state index in [1.54, 1.807) is 4.57 Å². The van der Waals surface area contributed by atoms with Crippen molar-refractivity contribution < 1.29 is 4.79 Å². The molecule has 1 aliphatic heterocycles. The van der Waals surface area contributed by atoms with Gasteiger partial charge in [0, 0.05) is 32.1 Å². The maximum Gasteiger partial charge on any atom is 0.266 e. The van der Waals surface area contributed by atoms with Crippen LogP contribution in [0.5, 0.6) is 0 Å². The lowest BCUT2D eigenvalue weighted by atomic mass is 10.1. The summed E-state index contributed by atoms with van der Waals surface area (Å²) in [6.45, 7) is 12.6. The number of aryl methyl sites for hydroxylation is 2. The maximum atomic E-state index is 13.7. The van der Waals surface area contributed by atoms with Gasteiger partial charge in [0.2, 0.25) is 5.91 Å². The summed E-state index contributed by atoms with van der Waals surface area (Å²) in [5.74, 6) is 0.972. The minimum absolute atomic E-state index is 0.0424. The summed E-state index contributed by atoms with van der Waals surface area (Å²) in [4.78, 5) is 35.5. The minimum atomic E-state index is -0.0751. The molecule has 0 bridgehead atoms. The third-order valence-electron chi connectivity index (χ3n) is 6.76. The van der Waals surface area contributed by atoms with Crippen LogP contribution in [0.15, 0.2) is 47.3 Å². The van der Waals surface area contributed by atoms with E-state index in [0.717, 1.165) is 47.7 Å². The van der Waals surface area contributed by atoms with Crippen molar-refractivity contribution in [3.8, 4) is 5.69 Å². The van der Waals surface area contributed by atoms with Crippen LogP contribution < -0.4 is 5.56 Å². The van der Waals surface area contributed by atoms with Gasteiger partial charge in [-0.25, -0.2) is 4.98 Å². The summed E-state index contributed by atoms with van der Waals surface area (Å²) < 4.78 is 1.79. The third kappa shape index (κ3) is 4.44. The molecular weight excluding hydrogens is 412 g/mol. The van der Waals surface area contributed by atoms with E-state index in [-0.39, 0.29) is 23.6 Å². The number of piperazine rings is 1. The summed E-state index contributed by atoms with van der Waals surface area (Å²) in [5.41, 5.74) is 3.75. The number of carbonyl (C=O) groups excluding carboxylic acids is 1. The fourth-order valence-electron chi connectivity index (χ4n) is 4.95. The van der Waals surface area contributed by atoms with E-state index in [9.17, 15) is 9.59 Å². The number of hydrogen-bond donors (Lipinski definition) is 0. The van der Waals surface area contributed by atoms with Crippen LogP contribution in [0.4, 0.5) is 0 Å². The summed E-state index contributed by atoms with van der Waals surface area (Å²) >= 11 is 0. The van der Waals surface area contributed by atoms with Gasteiger partial charge < -0.3 is 4.90 Å². The average molecular weight is 447 g/mol. The lowest BCUT2D eigenvalue weighted by Crippen LogP contribution is -2.54. The highest BCUT2D eigenvalue weighted by atomic mass is 16.2. The number of para-hydroxylation sites is 1. The molecule has 1 saturated heterocycles. The molecule has 0 N–H and O–H groups in total. The standard InChI is InChI=1S/C27H34N4O2/c1-6-9-25(32)30-15-14-29(17-20(30)4)21(5)26-28-23-11-8-7-10-22(23)27(33)31(26)24-13-12-18(2)16-19(24)3/h7-8,10-13,16,20-21H,6,9,14-15,17H2,1-5H3. The molecule has 6 heteroatoms. The summed E-state index contributed by atoms with van der Waals surface area (Å²) in [6, 6.07) is 13.8. The van der Waals surface area contributed by atoms with Crippen molar-refractivity contribution in [2.75, 3.05) is 19.6 Å². The van der Waals surface area contributed by atoms with Crippen LogP contribution in [0.3, 0.4) is 0 Å². The van der Waals surface area contributed by atoms with Crippen molar-refractivity contribution in [3.05, 3.63) is 69.8 Å². The number of amides is 1. The number of hydrogen-bond acceptors (Lipinski definition) is 4. The number of aromatic nitrogens is 2. The van der Waals surface area contributed by atoms with E-state index in [1.165, 1.54) is 0 Å². The first-order valence-electron chi connectivity index (χ1n) is 11.9. The fourth-order valence-corrected chi connectivity index (χ4v) is 4.95. The number of nitrogens with zero attached hydrogens (tertiary/aromatic N) is 4. The molecule has 33 heavy (non-hydrogen) atoms. The number of benzene rings is 2.